The molecule has 4 heteroatoms. The van der Waals surface area contributed by atoms with Crippen molar-refractivity contribution in [3.8, 4) is 0 Å². The van der Waals surface area contributed by atoms with Crippen LogP contribution >= 0.6 is 11.6 Å². The molecule has 3 aliphatic rings. The highest BCUT2D eigenvalue weighted by atomic mass is 35.5. The molecule has 2 aromatic rings. The van der Waals surface area contributed by atoms with Crippen LogP contribution in [-0.4, -0.2) is 34.8 Å². The number of fused-ring (bicyclic) bond motifs is 4. The number of nitrogens with zero attached hydrogens (tertiary/aromatic N) is 2. The number of benzene rings is 1. The van der Waals surface area contributed by atoms with E-state index in [1.807, 2.05) is 24.3 Å². The van der Waals surface area contributed by atoms with E-state index >= 15 is 0 Å². The Labute approximate surface area is 141 Å². The lowest BCUT2D eigenvalue weighted by atomic mass is 9.73. The van der Waals surface area contributed by atoms with Gasteiger partial charge in [-0.05, 0) is 43.4 Å². The third kappa shape index (κ3) is 2.56. The van der Waals surface area contributed by atoms with E-state index in [1.54, 1.807) is 6.07 Å². The summed E-state index contributed by atoms with van der Waals surface area (Å²) in [5.74, 6) is 1.66. The van der Waals surface area contributed by atoms with Gasteiger partial charge < -0.3 is 0 Å². The molecule has 5 rings (SSSR count). The lowest BCUT2D eigenvalue weighted by Gasteiger charge is -2.49. The zero-order valence-corrected chi connectivity index (χ0v) is 14.1. The molecule has 0 spiro atoms. The Kier molecular flexibility index (Phi) is 3.86. The highest BCUT2D eigenvalue weighted by Gasteiger charge is 2.42. The second-order valence-corrected chi connectivity index (χ2v) is 7.22. The van der Waals surface area contributed by atoms with Gasteiger partial charge in [-0.3, -0.25) is 9.69 Å². The van der Waals surface area contributed by atoms with Crippen molar-refractivity contribution >= 4 is 28.3 Å². The molecular formula is C19H21ClN2O. The Morgan fingerprint density at radius 3 is 2.96 bits per heavy atom. The molecule has 0 amide bonds. The summed E-state index contributed by atoms with van der Waals surface area (Å²) in [5.41, 5.74) is 1.52. The molecule has 3 nitrogen and oxygen atoms in total. The number of aromatic nitrogens is 1. The standard InChI is InChI=1S/C19H21ClN2O/c1-2-12-11-22-8-7-13(12)9-17(22)19(23)15-10-18(20)21-16-6-4-3-5-14(15)16/h3-6,10,12-13,17H,2,7-9,11H2,1H3. The van der Waals surface area contributed by atoms with Crippen molar-refractivity contribution < 1.29 is 4.79 Å². The van der Waals surface area contributed by atoms with E-state index in [4.69, 9.17) is 11.6 Å². The van der Waals surface area contributed by atoms with Gasteiger partial charge in [0.1, 0.15) is 5.15 Å². The minimum absolute atomic E-state index is 0.0124. The predicted molar refractivity (Wildman–Crippen MR) is 92.9 cm³/mol. The van der Waals surface area contributed by atoms with Gasteiger partial charge >= 0.3 is 0 Å². The fraction of sp³-hybridized carbons (Fsp3) is 0.474. The average Bonchev–Trinajstić information content (AvgIpc) is 2.60. The van der Waals surface area contributed by atoms with Crippen molar-refractivity contribution in [2.24, 2.45) is 11.8 Å². The van der Waals surface area contributed by atoms with Gasteiger partial charge in [0.15, 0.2) is 5.78 Å². The zero-order chi connectivity index (χ0) is 16.0. The number of rotatable bonds is 3. The first-order valence-corrected chi connectivity index (χ1v) is 8.88. The fourth-order valence-corrected chi connectivity index (χ4v) is 4.60. The van der Waals surface area contributed by atoms with Crippen LogP contribution in [0.3, 0.4) is 0 Å². The molecule has 120 valence electrons. The smallest absolute Gasteiger partial charge is 0.180 e. The first kappa shape index (κ1) is 15.1. The number of pyridine rings is 1. The van der Waals surface area contributed by atoms with Gasteiger partial charge in [-0.25, -0.2) is 4.98 Å². The maximum atomic E-state index is 13.2. The molecule has 4 atom stereocenters. The minimum atomic E-state index is 0.0124. The second kappa shape index (κ2) is 5.88. The van der Waals surface area contributed by atoms with Gasteiger partial charge in [0.25, 0.3) is 0 Å². The number of ketones is 1. The number of carbonyl (C=O) groups excluding carboxylic acids is 1. The lowest BCUT2D eigenvalue weighted by molar-refractivity contribution is 0.00515. The van der Waals surface area contributed by atoms with Gasteiger partial charge in [0.2, 0.25) is 0 Å². The molecule has 2 bridgehead atoms. The second-order valence-electron chi connectivity index (χ2n) is 6.84. The SMILES string of the molecule is CCC1CN2CCC1CC2C(=O)c1cc(Cl)nc2ccccc12. The van der Waals surface area contributed by atoms with Crippen molar-refractivity contribution in [3.63, 3.8) is 0 Å². The summed E-state index contributed by atoms with van der Waals surface area (Å²) >= 11 is 6.15. The van der Waals surface area contributed by atoms with E-state index in [9.17, 15) is 4.79 Å². The van der Waals surface area contributed by atoms with Crippen LogP contribution < -0.4 is 0 Å². The monoisotopic (exact) mass is 328 g/mol. The summed E-state index contributed by atoms with van der Waals surface area (Å²) < 4.78 is 0. The summed E-state index contributed by atoms with van der Waals surface area (Å²) in [7, 11) is 0. The molecule has 1 aromatic carbocycles. The number of para-hydroxylation sites is 1. The molecule has 23 heavy (non-hydrogen) atoms. The summed E-state index contributed by atoms with van der Waals surface area (Å²) in [6, 6.07) is 9.52. The van der Waals surface area contributed by atoms with Gasteiger partial charge in [-0.2, -0.15) is 0 Å². The molecule has 0 aliphatic carbocycles. The molecule has 3 aliphatic heterocycles. The number of halogens is 1. The molecular weight excluding hydrogens is 308 g/mol. The van der Waals surface area contributed by atoms with E-state index in [2.05, 4.69) is 16.8 Å². The van der Waals surface area contributed by atoms with Crippen LogP contribution in [0.5, 0.6) is 0 Å². The summed E-state index contributed by atoms with van der Waals surface area (Å²) in [6.07, 6.45) is 3.44. The number of piperidine rings is 3. The van der Waals surface area contributed by atoms with Crippen LogP contribution in [0.1, 0.15) is 36.5 Å². The van der Waals surface area contributed by atoms with Crippen molar-refractivity contribution in [2.75, 3.05) is 13.1 Å². The number of carbonyl (C=O) groups is 1. The van der Waals surface area contributed by atoms with Crippen molar-refractivity contribution in [3.05, 3.63) is 41.0 Å². The van der Waals surface area contributed by atoms with E-state index in [-0.39, 0.29) is 11.8 Å². The Morgan fingerprint density at radius 1 is 1.39 bits per heavy atom. The Balaban J connectivity index is 1.71. The summed E-state index contributed by atoms with van der Waals surface area (Å²) in [5, 5.41) is 1.31. The molecule has 3 saturated heterocycles. The van der Waals surface area contributed by atoms with Crippen LogP contribution in [0.4, 0.5) is 0 Å². The number of hydrogen-bond acceptors (Lipinski definition) is 3. The van der Waals surface area contributed by atoms with E-state index in [1.165, 1.54) is 12.8 Å². The van der Waals surface area contributed by atoms with Gasteiger partial charge in [0, 0.05) is 17.5 Å². The molecule has 4 unspecified atom stereocenters. The third-order valence-corrected chi connectivity index (χ3v) is 5.86. The summed E-state index contributed by atoms with van der Waals surface area (Å²) in [6.45, 7) is 4.38. The number of hydrogen-bond donors (Lipinski definition) is 0. The topological polar surface area (TPSA) is 33.2 Å². The van der Waals surface area contributed by atoms with Gasteiger partial charge in [0.05, 0.1) is 11.6 Å². The lowest BCUT2D eigenvalue weighted by Crippen LogP contribution is -2.56. The maximum Gasteiger partial charge on any atom is 0.180 e. The van der Waals surface area contributed by atoms with E-state index in [0.29, 0.717) is 11.1 Å². The first-order valence-electron chi connectivity index (χ1n) is 8.51. The van der Waals surface area contributed by atoms with Crippen LogP contribution in [0.15, 0.2) is 30.3 Å². The minimum Gasteiger partial charge on any atom is -0.293 e. The maximum absolute atomic E-state index is 13.2. The molecule has 4 heterocycles. The van der Waals surface area contributed by atoms with Crippen molar-refractivity contribution in [1.29, 1.82) is 0 Å². The quantitative estimate of drug-likeness (QED) is 0.625. The van der Waals surface area contributed by atoms with Crippen LogP contribution in [0, 0.1) is 11.8 Å². The van der Waals surface area contributed by atoms with E-state index in [0.717, 1.165) is 41.9 Å². The third-order valence-electron chi connectivity index (χ3n) is 5.67. The summed E-state index contributed by atoms with van der Waals surface area (Å²) in [4.78, 5) is 19.9. The largest absolute Gasteiger partial charge is 0.293 e. The van der Waals surface area contributed by atoms with E-state index < -0.39 is 0 Å². The van der Waals surface area contributed by atoms with Crippen LogP contribution in [-0.2, 0) is 0 Å². The Hall–Kier alpha value is -1.45. The van der Waals surface area contributed by atoms with Crippen molar-refractivity contribution in [2.45, 2.75) is 32.2 Å². The van der Waals surface area contributed by atoms with Gasteiger partial charge in [-0.15, -0.1) is 0 Å². The molecule has 3 fully saturated rings. The Bertz CT molecular complexity index is 760. The Morgan fingerprint density at radius 2 is 2.22 bits per heavy atom. The molecule has 1 aromatic heterocycles. The first-order chi connectivity index (χ1) is 11.2. The highest BCUT2D eigenvalue weighted by Crippen LogP contribution is 2.39. The van der Waals surface area contributed by atoms with Crippen LogP contribution in [0.25, 0.3) is 10.9 Å². The highest BCUT2D eigenvalue weighted by molar-refractivity contribution is 6.30. The van der Waals surface area contributed by atoms with Crippen molar-refractivity contribution in [1.82, 2.24) is 9.88 Å². The predicted octanol–water partition coefficient (Wildman–Crippen LogP) is 4.19. The van der Waals surface area contributed by atoms with Gasteiger partial charge in [-0.1, -0.05) is 43.1 Å². The number of Topliss-reactive ketones (excluding diaryl/α,β-unsaturated/α-hetero) is 1. The van der Waals surface area contributed by atoms with Crippen LogP contribution in [0.2, 0.25) is 5.15 Å². The zero-order valence-electron chi connectivity index (χ0n) is 13.3. The molecule has 0 saturated carbocycles. The molecule has 0 N–H and O–H groups in total. The fourth-order valence-electron chi connectivity index (χ4n) is 4.40. The average molecular weight is 329 g/mol. The molecule has 0 radical (unpaired) electrons. The normalized spacial score (nSPS) is 29.8.